The molecule has 3 nitrogen and oxygen atoms in total. The Morgan fingerprint density at radius 3 is 2.47 bits per heavy atom. The van der Waals surface area contributed by atoms with E-state index in [0.29, 0.717) is 22.0 Å². The minimum atomic E-state index is -0.473. The van der Waals surface area contributed by atoms with Crippen molar-refractivity contribution in [2.45, 2.75) is 0 Å². The van der Waals surface area contributed by atoms with Crippen molar-refractivity contribution < 1.29 is 9.18 Å². The minimum Gasteiger partial charge on any atom is -0.398 e. The summed E-state index contributed by atoms with van der Waals surface area (Å²) in [5.74, 6) is -0.879. The van der Waals surface area contributed by atoms with E-state index in [4.69, 9.17) is 28.9 Å². The third-order valence-electron chi connectivity index (χ3n) is 2.44. The first kappa shape index (κ1) is 13.6. The molecular weight excluding hydrogens is 290 g/mol. The molecule has 1 amide bonds. The van der Waals surface area contributed by atoms with Crippen LogP contribution in [-0.4, -0.2) is 5.91 Å². The van der Waals surface area contributed by atoms with Crippen molar-refractivity contribution in [2.24, 2.45) is 0 Å². The van der Waals surface area contributed by atoms with E-state index >= 15 is 0 Å². The number of rotatable bonds is 2. The van der Waals surface area contributed by atoms with Gasteiger partial charge in [0.15, 0.2) is 0 Å². The zero-order valence-corrected chi connectivity index (χ0v) is 11.1. The van der Waals surface area contributed by atoms with Gasteiger partial charge in [-0.05, 0) is 36.4 Å². The highest BCUT2D eigenvalue weighted by molar-refractivity contribution is 6.34. The average molecular weight is 299 g/mol. The van der Waals surface area contributed by atoms with E-state index in [1.165, 1.54) is 30.3 Å². The molecule has 98 valence electrons. The molecule has 0 fully saturated rings. The highest BCUT2D eigenvalue weighted by Crippen LogP contribution is 2.24. The van der Waals surface area contributed by atoms with Gasteiger partial charge in [0.05, 0.1) is 21.4 Å². The van der Waals surface area contributed by atoms with Gasteiger partial charge in [0, 0.05) is 5.56 Å². The van der Waals surface area contributed by atoms with Crippen molar-refractivity contribution in [3.8, 4) is 0 Å². The van der Waals surface area contributed by atoms with Crippen molar-refractivity contribution in [3.63, 3.8) is 0 Å². The Balaban J connectivity index is 2.23. The molecule has 0 aliphatic heterocycles. The number of anilines is 2. The quantitative estimate of drug-likeness (QED) is 0.824. The van der Waals surface area contributed by atoms with E-state index in [0.717, 1.165) is 6.07 Å². The molecule has 2 aromatic carbocycles. The van der Waals surface area contributed by atoms with Crippen LogP contribution in [0.5, 0.6) is 0 Å². The van der Waals surface area contributed by atoms with Crippen LogP contribution in [0.15, 0.2) is 36.4 Å². The Kier molecular flexibility index (Phi) is 3.93. The second kappa shape index (κ2) is 5.47. The molecule has 0 heterocycles. The summed E-state index contributed by atoms with van der Waals surface area (Å²) in [5.41, 5.74) is 6.58. The largest absolute Gasteiger partial charge is 0.398 e. The first-order chi connectivity index (χ1) is 8.97. The fourth-order valence-electron chi connectivity index (χ4n) is 1.47. The first-order valence-corrected chi connectivity index (χ1v) is 6.04. The van der Waals surface area contributed by atoms with Gasteiger partial charge in [-0.15, -0.1) is 0 Å². The van der Waals surface area contributed by atoms with Crippen LogP contribution in [0.25, 0.3) is 0 Å². The number of hydrogen-bond acceptors (Lipinski definition) is 2. The van der Waals surface area contributed by atoms with E-state index in [-0.39, 0.29) is 5.02 Å². The highest BCUT2D eigenvalue weighted by Gasteiger charge is 2.10. The summed E-state index contributed by atoms with van der Waals surface area (Å²) in [6, 6.07) is 8.22. The maximum Gasteiger partial charge on any atom is 0.255 e. The van der Waals surface area contributed by atoms with Crippen molar-refractivity contribution >= 4 is 40.5 Å². The summed E-state index contributed by atoms with van der Waals surface area (Å²) in [6.45, 7) is 0. The lowest BCUT2D eigenvalue weighted by molar-refractivity contribution is 0.102. The SMILES string of the molecule is Nc1cc(C(=O)Nc2ccc(F)cc2Cl)ccc1Cl. The molecule has 0 unspecified atom stereocenters. The molecule has 0 aliphatic rings. The van der Waals surface area contributed by atoms with Crippen LogP contribution in [0.4, 0.5) is 15.8 Å². The van der Waals surface area contributed by atoms with E-state index in [9.17, 15) is 9.18 Å². The Morgan fingerprint density at radius 2 is 1.84 bits per heavy atom. The second-order valence-corrected chi connectivity index (χ2v) is 4.63. The molecule has 0 radical (unpaired) electrons. The molecule has 19 heavy (non-hydrogen) atoms. The second-order valence-electron chi connectivity index (χ2n) is 3.81. The molecule has 3 N–H and O–H groups in total. The van der Waals surface area contributed by atoms with Crippen LogP contribution in [-0.2, 0) is 0 Å². The van der Waals surface area contributed by atoms with Gasteiger partial charge in [0.25, 0.3) is 5.91 Å². The van der Waals surface area contributed by atoms with Gasteiger partial charge in [-0.3, -0.25) is 4.79 Å². The number of hydrogen-bond donors (Lipinski definition) is 2. The third-order valence-corrected chi connectivity index (χ3v) is 3.09. The lowest BCUT2D eigenvalue weighted by Crippen LogP contribution is -2.12. The van der Waals surface area contributed by atoms with Crippen molar-refractivity contribution in [3.05, 3.63) is 57.8 Å². The summed E-state index contributed by atoms with van der Waals surface area (Å²) in [7, 11) is 0. The van der Waals surface area contributed by atoms with Crippen LogP contribution in [0.3, 0.4) is 0 Å². The highest BCUT2D eigenvalue weighted by atomic mass is 35.5. The van der Waals surface area contributed by atoms with E-state index in [1.54, 1.807) is 0 Å². The zero-order chi connectivity index (χ0) is 14.0. The maximum absolute atomic E-state index is 12.9. The number of amides is 1. The standard InChI is InChI=1S/C13H9Cl2FN2O/c14-9-3-1-7(5-11(9)17)13(19)18-12-4-2-8(16)6-10(12)15/h1-6H,17H2,(H,18,19). The predicted octanol–water partition coefficient (Wildman–Crippen LogP) is 3.97. The van der Waals surface area contributed by atoms with Crippen LogP contribution >= 0.6 is 23.2 Å². The molecular formula is C13H9Cl2FN2O. The van der Waals surface area contributed by atoms with Crippen molar-refractivity contribution in [1.29, 1.82) is 0 Å². The first-order valence-electron chi connectivity index (χ1n) is 5.29. The van der Waals surface area contributed by atoms with E-state index < -0.39 is 11.7 Å². The van der Waals surface area contributed by atoms with Gasteiger partial charge in [0.2, 0.25) is 0 Å². The Bertz CT molecular complexity index is 647. The number of nitrogens with two attached hydrogens (primary N) is 1. The molecule has 0 saturated carbocycles. The van der Waals surface area contributed by atoms with E-state index in [1.807, 2.05) is 0 Å². The molecule has 0 aliphatic carbocycles. The van der Waals surface area contributed by atoms with Crippen LogP contribution in [0.2, 0.25) is 10.0 Å². The topological polar surface area (TPSA) is 55.1 Å². The molecule has 6 heteroatoms. The van der Waals surface area contributed by atoms with Gasteiger partial charge < -0.3 is 11.1 Å². The van der Waals surface area contributed by atoms with Gasteiger partial charge in [-0.1, -0.05) is 23.2 Å². The number of carbonyl (C=O) groups is 1. The van der Waals surface area contributed by atoms with Crippen molar-refractivity contribution in [2.75, 3.05) is 11.1 Å². The number of nitrogen functional groups attached to an aromatic ring is 1. The molecule has 0 bridgehead atoms. The maximum atomic E-state index is 12.9. The summed E-state index contributed by atoms with van der Waals surface area (Å²) >= 11 is 11.6. The lowest BCUT2D eigenvalue weighted by Gasteiger charge is -2.08. The average Bonchev–Trinajstić information content (AvgIpc) is 2.36. The number of carbonyl (C=O) groups excluding carboxylic acids is 1. The summed E-state index contributed by atoms with van der Waals surface area (Å²) in [6.07, 6.45) is 0. The van der Waals surface area contributed by atoms with Crippen LogP contribution in [0.1, 0.15) is 10.4 Å². The normalized spacial score (nSPS) is 10.3. The van der Waals surface area contributed by atoms with Gasteiger partial charge in [0.1, 0.15) is 5.82 Å². The molecule has 2 aromatic rings. The number of benzene rings is 2. The zero-order valence-electron chi connectivity index (χ0n) is 9.58. The fraction of sp³-hybridized carbons (Fsp3) is 0. The van der Waals surface area contributed by atoms with Gasteiger partial charge in [-0.2, -0.15) is 0 Å². The summed E-state index contributed by atoms with van der Waals surface area (Å²) < 4.78 is 12.9. The number of halogens is 3. The van der Waals surface area contributed by atoms with Gasteiger partial charge in [-0.25, -0.2) is 4.39 Å². The van der Waals surface area contributed by atoms with Crippen LogP contribution in [0, 0.1) is 5.82 Å². The smallest absolute Gasteiger partial charge is 0.255 e. The van der Waals surface area contributed by atoms with Crippen LogP contribution < -0.4 is 11.1 Å². The molecule has 0 saturated heterocycles. The third kappa shape index (κ3) is 3.16. The Morgan fingerprint density at radius 1 is 1.11 bits per heavy atom. The lowest BCUT2D eigenvalue weighted by atomic mass is 10.2. The predicted molar refractivity (Wildman–Crippen MR) is 75.2 cm³/mol. The molecule has 0 spiro atoms. The molecule has 0 aromatic heterocycles. The summed E-state index contributed by atoms with van der Waals surface area (Å²) in [5, 5.41) is 3.06. The Labute approximate surface area is 119 Å². The summed E-state index contributed by atoms with van der Waals surface area (Å²) in [4.78, 5) is 12.0. The Hall–Kier alpha value is -1.78. The monoisotopic (exact) mass is 298 g/mol. The fourth-order valence-corrected chi connectivity index (χ4v) is 1.80. The minimum absolute atomic E-state index is 0.121. The van der Waals surface area contributed by atoms with Gasteiger partial charge >= 0.3 is 0 Å². The number of nitrogens with one attached hydrogen (secondary N) is 1. The van der Waals surface area contributed by atoms with Crippen molar-refractivity contribution in [1.82, 2.24) is 0 Å². The van der Waals surface area contributed by atoms with E-state index in [2.05, 4.69) is 5.32 Å². The molecule has 0 atom stereocenters. The molecule has 2 rings (SSSR count).